The van der Waals surface area contributed by atoms with Crippen LogP contribution in [-0.4, -0.2) is 51.3 Å². The number of aliphatic hydroxyl groups is 2. The molecule has 0 saturated carbocycles. The number of ether oxygens (including phenoxy) is 1. The zero-order valence-electron chi connectivity index (χ0n) is 12.9. The van der Waals surface area contributed by atoms with E-state index >= 15 is 0 Å². The molecular weight excluding hydrogens is 320 g/mol. The fraction of sp³-hybridized carbons (Fsp3) is 0.400. The van der Waals surface area contributed by atoms with E-state index in [2.05, 4.69) is 9.72 Å². The normalized spacial score (nSPS) is 12.3. The average Bonchev–Trinajstić information content (AvgIpc) is 2.54. The molecule has 0 amide bonds. The molecule has 7 nitrogen and oxygen atoms in total. The SMILES string of the molecule is COC(=O)c1ccc2c(=O)n(C[C@H](C)O)c(SCCO)nc2c1. The van der Waals surface area contributed by atoms with Crippen molar-refractivity contribution in [1.29, 1.82) is 0 Å². The predicted octanol–water partition coefficient (Wildman–Crippen LogP) is 0.648. The van der Waals surface area contributed by atoms with Crippen LogP contribution in [0.25, 0.3) is 10.9 Å². The third kappa shape index (κ3) is 3.90. The van der Waals surface area contributed by atoms with Gasteiger partial charge in [-0.05, 0) is 25.1 Å². The molecular formula is C15H18N2O5S. The number of carbonyl (C=O) groups excluding carboxylic acids is 1. The van der Waals surface area contributed by atoms with E-state index in [1.165, 1.54) is 41.6 Å². The van der Waals surface area contributed by atoms with Gasteiger partial charge in [-0.2, -0.15) is 0 Å². The van der Waals surface area contributed by atoms with E-state index in [-0.39, 0.29) is 18.7 Å². The molecule has 2 rings (SSSR count). The standard InChI is InChI=1S/C15H18N2O5S/c1-9(19)8-17-13(20)11-4-3-10(14(21)22-2)7-12(11)16-15(17)23-6-5-18/h3-4,7,9,18-19H,5-6,8H2,1-2H3/t9-/m0/s1. The Hall–Kier alpha value is -1.90. The highest BCUT2D eigenvalue weighted by atomic mass is 32.2. The van der Waals surface area contributed by atoms with Crippen molar-refractivity contribution in [2.75, 3.05) is 19.5 Å². The first-order chi connectivity index (χ1) is 11.0. The Balaban J connectivity index is 2.62. The minimum atomic E-state index is -0.713. The van der Waals surface area contributed by atoms with Gasteiger partial charge < -0.3 is 14.9 Å². The van der Waals surface area contributed by atoms with Crippen molar-refractivity contribution in [2.45, 2.75) is 24.7 Å². The first-order valence-corrected chi connectivity index (χ1v) is 8.01. The molecule has 0 aliphatic carbocycles. The van der Waals surface area contributed by atoms with E-state index in [0.717, 1.165) is 0 Å². The molecule has 0 radical (unpaired) electrons. The number of esters is 1. The summed E-state index contributed by atoms with van der Waals surface area (Å²) in [7, 11) is 1.28. The number of benzene rings is 1. The van der Waals surface area contributed by atoms with Gasteiger partial charge >= 0.3 is 5.97 Å². The fourth-order valence-electron chi connectivity index (χ4n) is 2.12. The largest absolute Gasteiger partial charge is 0.465 e. The van der Waals surface area contributed by atoms with Gasteiger partial charge in [0.05, 0.1) is 42.8 Å². The highest BCUT2D eigenvalue weighted by Gasteiger charge is 2.15. The number of hydrogen-bond acceptors (Lipinski definition) is 7. The van der Waals surface area contributed by atoms with Crippen LogP contribution in [0.15, 0.2) is 28.2 Å². The van der Waals surface area contributed by atoms with Crippen molar-refractivity contribution in [2.24, 2.45) is 0 Å². The molecule has 0 fully saturated rings. The summed E-state index contributed by atoms with van der Waals surface area (Å²) in [5, 5.41) is 19.3. The topological polar surface area (TPSA) is 102 Å². The molecule has 23 heavy (non-hydrogen) atoms. The molecule has 0 unspecified atom stereocenters. The molecule has 2 aromatic rings. The summed E-state index contributed by atoms with van der Waals surface area (Å²) in [4.78, 5) is 28.6. The average molecular weight is 338 g/mol. The second kappa shape index (κ2) is 7.58. The zero-order chi connectivity index (χ0) is 17.0. The molecule has 0 bridgehead atoms. The van der Waals surface area contributed by atoms with Crippen LogP contribution in [0.4, 0.5) is 0 Å². The van der Waals surface area contributed by atoms with E-state index in [9.17, 15) is 14.7 Å². The minimum Gasteiger partial charge on any atom is -0.465 e. The van der Waals surface area contributed by atoms with Gasteiger partial charge in [0.2, 0.25) is 0 Å². The lowest BCUT2D eigenvalue weighted by Gasteiger charge is -2.14. The number of carbonyl (C=O) groups is 1. The minimum absolute atomic E-state index is 0.0601. The van der Waals surface area contributed by atoms with Crippen LogP contribution in [0.5, 0.6) is 0 Å². The molecule has 124 valence electrons. The maximum atomic E-state index is 12.6. The molecule has 0 aliphatic rings. The summed E-state index contributed by atoms with van der Waals surface area (Å²) >= 11 is 1.21. The highest BCUT2D eigenvalue weighted by molar-refractivity contribution is 7.99. The van der Waals surface area contributed by atoms with E-state index in [1.807, 2.05) is 0 Å². The van der Waals surface area contributed by atoms with Crippen molar-refractivity contribution in [3.05, 3.63) is 34.1 Å². The summed E-state index contributed by atoms with van der Waals surface area (Å²) in [5.74, 6) is -0.138. The summed E-state index contributed by atoms with van der Waals surface area (Å²) in [6.45, 7) is 1.63. The summed E-state index contributed by atoms with van der Waals surface area (Å²) < 4.78 is 6.05. The molecule has 0 spiro atoms. The number of methoxy groups -OCH3 is 1. The van der Waals surface area contributed by atoms with Gasteiger partial charge in [0.15, 0.2) is 5.16 Å². The Morgan fingerprint density at radius 1 is 1.48 bits per heavy atom. The molecule has 8 heteroatoms. The molecule has 1 aromatic heterocycles. The third-order valence-electron chi connectivity index (χ3n) is 3.11. The Labute approximate surface area is 136 Å². The van der Waals surface area contributed by atoms with Crippen LogP contribution in [0.2, 0.25) is 0 Å². The van der Waals surface area contributed by atoms with Gasteiger partial charge in [-0.3, -0.25) is 9.36 Å². The van der Waals surface area contributed by atoms with Gasteiger partial charge in [-0.1, -0.05) is 11.8 Å². The zero-order valence-corrected chi connectivity index (χ0v) is 13.7. The number of aromatic nitrogens is 2. The van der Waals surface area contributed by atoms with Gasteiger partial charge in [-0.25, -0.2) is 9.78 Å². The van der Waals surface area contributed by atoms with E-state index in [1.54, 1.807) is 6.92 Å². The quantitative estimate of drug-likeness (QED) is 0.453. The number of thioether (sulfide) groups is 1. The molecule has 0 aliphatic heterocycles. The number of nitrogens with zero attached hydrogens (tertiary/aromatic N) is 2. The van der Waals surface area contributed by atoms with Gasteiger partial charge in [-0.15, -0.1) is 0 Å². The first-order valence-electron chi connectivity index (χ1n) is 7.02. The van der Waals surface area contributed by atoms with E-state index in [0.29, 0.717) is 27.4 Å². The predicted molar refractivity (Wildman–Crippen MR) is 86.8 cm³/mol. The second-order valence-corrected chi connectivity index (χ2v) is 6.02. The van der Waals surface area contributed by atoms with Crippen LogP contribution in [0.3, 0.4) is 0 Å². The maximum Gasteiger partial charge on any atom is 0.337 e. The summed E-state index contributed by atoms with van der Waals surface area (Å²) in [6.07, 6.45) is -0.713. The second-order valence-electron chi connectivity index (χ2n) is 4.95. The summed E-state index contributed by atoms with van der Waals surface area (Å²) in [5.41, 5.74) is 0.381. The number of hydrogen-bond donors (Lipinski definition) is 2. The third-order valence-corrected chi connectivity index (χ3v) is 4.07. The number of fused-ring (bicyclic) bond motifs is 1. The Morgan fingerprint density at radius 2 is 2.22 bits per heavy atom. The molecule has 0 saturated heterocycles. The van der Waals surface area contributed by atoms with Crippen LogP contribution >= 0.6 is 11.8 Å². The number of rotatable bonds is 6. The van der Waals surface area contributed by atoms with Gasteiger partial charge in [0.1, 0.15) is 0 Å². The van der Waals surface area contributed by atoms with E-state index in [4.69, 9.17) is 5.11 Å². The first kappa shape index (κ1) is 17.5. The Bertz CT molecular complexity index is 772. The molecule has 1 atom stereocenters. The van der Waals surface area contributed by atoms with Crippen molar-refractivity contribution in [3.63, 3.8) is 0 Å². The van der Waals surface area contributed by atoms with Gasteiger partial charge in [0, 0.05) is 5.75 Å². The lowest BCUT2D eigenvalue weighted by molar-refractivity contribution is 0.0601. The lowest BCUT2D eigenvalue weighted by Crippen LogP contribution is -2.28. The lowest BCUT2D eigenvalue weighted by atomic mass is 10.1. The highest BCUT2D eigenvalue weighted by Crippen LogP contribution is 2.19. The molecule has 2 N–H and O–H groups in total. The maximum absolute atomic E-state index is 12.6. The van der Waals surface area contributed by atoms with E-state index < -0.39 is 12.1 Å². The monoisotopic (exact) mass is 338 g/mol. The Morgan fingerprint density at radius 3 is 2.83 bits per heavy atom. The summed E-state index contributed by atoms with van der Waals surface area (Å²) in [6, 6.07) is 4.53. The molecule has 1 heterocycles. The van der Waals surface area contributed by atoms with Crippen molar-refractivity contribution < 1.29 is 19.7 Å². The van der Waals surface area contributed by atoms with Crippen molar-refractivity contribution in [1.82, 2.24) is 9.55 Å². The smallest absolute Gasteiger partial charge is 0.337 e. The number of aliphatic hydroxyl groups excluding tert-OH is 2. The van der Waals surface area contributed by atoms with Crippen LogP contribution in [0, 0.1) is 0 Å². The van der Waals surface area contributed by atoms with Crippen LogP contribution < -0.4 is 5.56 Å². The molecule has 1 aromatic carbocycles. The fourth-order valence-corrected chi connectivity index (χ4v) is 2.87. The van der Waals surface area contributed by atoms with Gasteiger partial charge in [0.25, 0.3) is 5.56 Å². The van der Waals surface area contributed by atoms with Crippen molar-refractivity contribution in [3.8, 4) is 0 Å². The van der Waals surface area contributed by atoms with Crippen LogP contribution in [0.1, 0.15) is 17.3 Å². The van der Waals surface area contributed by atoms with Crippen molar-refractivity contribution >= 4 is 28.6 Å². The van der Waals surface area contributed by atoms with Crippen LogP contribution in [-0.2, 0) is 11.3 Å². The Kier molecular flexibility index (Phi) is 5.75.